The number of hydrogen-bond donors (Lipinski definition) is 2. The molecule has 182 valence electrons. The minimum Gasteiger partial charge on any atom is -0.491 e. The molecule has 0 spiro atoms. The van der Waals surface area contributed by atoms with Crippen LogP contribution in [0, 0.1) is 11.3 Å². The molecule has 0 fully saturated rings. The number of aromatic nitrogens is 1. The smallest absolute Gasteiger partial charge is 0.293 e. The fourth-order valence-electron chi connectivity index (χ4n) is 3.75. The molecule has 10 heteroatoms. The van der Waals surface area contributed by atoms with E-state index in [0.717, 1.165) is 16.8 Å². The number of carbonyl (C=O) groups is 2. The number of nitrogens with zero attached hydrogens (tertiary/aromatic N) is 3. The number of amides is 2. The maximum atomic E-state index is 13.5. The van der Waals surface area contributed by atoms with Crippen LogP contribution in [0.15, 0.2) is 53.1 Å². The highest BCUT2D eigenvalue weighted by atomic mass is 28.3. The van der Waals surface area contributed by atoms with Gasteiger partial charge in [-0.3, -0.25) is 9.59 Å². The molecule has 1 atom stereocenters. The third-order valence-corrected chi connectivity index (χ3v) is 7.54. The van der Waals surface area contributed by atoms with Crippen molar-refractivity contribution in [3.05, 3.63) is 71.0 Å². The summed E-state index contributed by atoms with van der Waals surface area (Å²) in [4.78, 5) is 27.7. The van der Waals surface area contributed by atoms with Crippen LogP contribution in [0.5, 0.6) is 5.88 Å². The van der Waals surface area contributed by atoms with E-state index in [-0.39, 0.29) is 5.76 Å². The van der Waals surface area contributed by atoms with Crippen molar-refractivity contribution >= 4 is 30.8 Å². The summed E-state index contributed by atoms with van der Waals surface area (Å²) >= 11 is 0. The van der Waals surface area contributed by atoms with Crippen molar-refractivity contribution in [2.45, 2.75) is 32.3 Å². The molecule has 35 heavy (non-hydrogen) atoms. The van der Waals surface area contributed by atoms with Crippen LogP contribution in [0.3, 0.4) is 0 Å². The number of nitrogens with one attached hydrogen (secondary N) is 1. The van der Waals surface area contributed by atoms with Crippen molar-refractivity contribution in [1.29, 1.82) is 5.26 Å². The van der Waals surface area contributed by atoms with Crippen molar-refractivity contribution in [2.24, 2.45) is 0 Å². The van der Waals surface area contributed by atoms with Crippen molar-refractivity contribution < 1.29 is 24.0 Å². The van der Waals surface area contributed by atoms with Crippen LogP contribution in [0.4, 0.5) is 5.69 Å². The summed E-state index contributed by atoms with van der Waals surface area (Å²) in [5, 5.41) is 26.3. The second-order valence-electron chi connectivity index (χ2n) is 9.15. The quantitative estimate of drug-likeness (QED) is 0.461. The first kappa shape index (κ1) is 25.7. The number of nitriles is 1. The topological polar surface area (TPSA) is 129 Å². The summed E-state index contributed by atoms with van der Waals surface area (Å²) < 4.78 is 10.0. The zero-order valence-electron chi connectivity index (χ0n) is 20.3. The van der Waals surface area contributed by atoms with Gasteiger partial charge in [0.1, 0.15) is 6.04 Å². The van der Waals surface area contributed by atoms with Crippen molar-refractivity contribution in [1.82, 2.24) is 10.1 Å². The van der Waals surface area contributed by atoms with Gasteiger partial charge in [-0.25, -0.2) is 0 Å². The third kappa shape index (κ3) is 5.95. The Bertz CT molecular complexity index is 1260. The summed E-state index contributed by atoms with van der Waals surface area (Å²) in [7, 11) is 1.30. The molecule has 0 radical (unpaired) electrons. The van der Waals surface area contributed by atoms with Gasteiger partial charge in [0.15, 0.2) is 0 Å². The lowest BCUT2D eigenvalue weighted by Crippen LogP contribution is -2.40. The molecule has 0 saturated heterocycles. The van der Waals surface area contributed by atoms with Gasteiger partial charge < -0.3 is 24.6 Å². The van der Waals surface area contributed by atoms with Crippen LogP contribution in [0.2, 0.25) is 19.6 Å². The van der Waals surface area contributed by atoms with E-state index in [9.17, 15) is 20.0 Å². The molecule has 2 N–H and O–H groups in total. The Kier molecular flexibility index (Phi) is 7.74. The van der Waals surface area contributed by atoms with Gasteiger partial charge >= 0.3 is 0 Å². The van der Waals surface area contributed by atoms with Crippen LogP contribution in [-0.4, -0.2) is 49.2 Å². The number of anilines is 1. The van der Waals surface area contributed by atoms with Gasteiger partial charge in [0.2, 0.25) is 5.76 Å². The summed E-state index contributed by atoms with van der Waals surface area (Å²) in [5.41, 5.74) is 2.43. The zero-order chi connectivity index (χ0) is 25.8. The molecular formula is C25H28N4O5Si. The van der Waals surface area contributed by atoms with E-state index in [1.807, 2.05) is 18.2 Å². The van der Waals surface area contributed by atoms with E-state index < -0.39 is 31.8 Å². The predicted molar refractivity (Wildman–Crippen MR) is 133 cm³/mol. The van der Waals surface area contributed by atoms with Gasteiger partial charge in [0, 0.05) is 19.8 Å². The molecule has 0 aliphatic carbocycles. The zero-order valence-corrected chi connectivity index (χ0v) is 21.3. The Morgan fingerprint density at radius 3 is 2.43 bits per heavy atom. The molecule has 0 bridgehead atoms. The number of methoxy groups -OCH3 is 1. The average molecular weight is 493 g/mol. The van der Waals surface area contributed by atoms with Crippen LogP contribution in [-0.2, 0) is 16.1 Å². The van der Waals surface area contributed by atoms with Crippen molar-refractivity contribution in [2.75, 3.05) is 19.5 Å². The molecule has 9 nitrogen and oxygen atoms in total. The molecule has 0 aliphatic heterocycles. The van der Waals surface area contributed by atoms with Crippen LogP contribution in [0.1, 0.15) is 33.3 Å². The first-order valence-electron chi connectivity index (χ1n) is 10.9. The largest absolute Gasteiger partial charge is 0.491 e. The molecule has 2 amide bonds. The number of carbonyl (C=O) groups excluding carboxylic acids is 2. The number of aromatic hydroxyl groups is 1. The first-order valence-corrected chi connectivity index (χ1v) is 14.4. The maximum Gasteiger partial charge on any atom is 0.293 e. The summed E-state index contributed by atoms with van der Waals surface area (Å²) in [6.45, 7) is 6.84. The molecule has 3 rings (SSSR count). The van der Waals surface area contributed by atoms with E-state index in [4.69, 9.17) is 9.26 Å². The molecule has 2 aromatic carbocycles. The minimum atomic E-state index is -1.75. The number of ether oxygens (including phenoxy) is 1. The SMILES string of the molecule is COCc1ccc(C(C(=O)Nc2ccc([Si](C)(C)C)c(C#N)c2)N(C)C(=O)c2cc(O)no2)cc1. The minimum absolute atomic E-state index is 0.204. The second-order valence-corrected chi connectivity index (χ2v) is 14.2. The van der Waals surface area contributed by atoms with Gasteiger partial charge in [-0.2, -0.15) is 5.26 Å². The van der Waals surface area contributed by atoms with Gasteiger partial charge in [0.05, 0.1) is 32.4 Å². The van der Waals surface area contributed by atoms with Gasteiger partial charge in [-0.1, -0.05) is 50.0 Å². The Labute approximate surface area is 204 Å². The average Bonchev–Trinajstić information content (AvgIpc) is 3.25. The highest BCUT2D eigenvalue weighted by molar-refractivity contribution is 6.89. The number of rotatable bonds is 8. The summed E-state index contributed by atoms with van der Waals surface area (Å²) in [5.74, 6) is -1.75. The normalized spacial score (nSPS) is 12.0. The van der Waals surface area contributed by atoms with Gasteiger partial charge in [-0.15, -0.1) is 0 Å². The summed E-state index contributed by atoms with van der Waals surface area (Å²) in [6.07, 6.45) is 0. The molecule has 0 saturated carbocycles. The number of benzene rings is 2. The fourth-order valence-corrected chi connectivity index (χ4v) is 5.27. The fraction of sp³-hybridized carbons (Fsp3) is 0.280. The monoisotopic (exact) mass is 492 g/mol. The van der Waals surface area contributed by atoms with Crippen LogP contribution >= 0.6 is 0 Å². The molecular weight excluding hydrogens is 464 g/mol. The molecule has 1 heterocycles. The van der Waals surface area contributed by atoms with Crippen LogP contribution < -0.4 is 10.5 Å². The van der Waals surface area contributed by atoms with Crippen molar-refractivity contribution in [3.63, 3.8) is 0 Å². The lowest BCUT2D eigenvalue weighted by atomic mass is 10.0. The third-order valence-electron chi connectivity index (χ3n) is 5.49. The molecule has 1 aromatic heterocycles. The predicted octanol–water partition coefficient (Wildman–Crippen LogP) is 3.40. The van der Waals surface area contributed by atoms with E-state index in [1.165, 1.54) is 11.9 Å². The Balaban J connectivity index is 1.96. The molecule has 0 aliphatic rings. The standard InChI is InChI=1S/C25H28N4O5Si/c1-29(25(32)20-13-22(30)28-34-20)23(17-8-6-16(7-9-17)15-33-2)24(31)27-19-10-11-21(35(3,4)5)18(12-19)14-26/h6-13,23H,15H2,1-5H3,(H,27,31)(H,28,30). The Morgan fingerprint density at radius 1 is 1.20 bits per heavy atom. The number of likely N-dealkylation sites (N-methyl/N-ethyl adjacent to an activating group) is 1. The highest BCUT2D eigenvalue weighted by Crippen LogP contribution is 2.25. The van der Waals surface area contributed by atoms with Crippen LogP contribution in [0.25, 0.3) is 0 Å². The Morgan fingerprint density at radius 2 is 1.89 bits per heavy atom. The lowest BCUT2D eigenvalue weighted by Gasteiger charge is -2.27. The first-order chi connectivity index (χ1) is 16.5. The highest BCUT2D eigenvalue weighted by Gasteiger charge is 2.31. The Hall–Kier alpha value is -3.94. The molecule has 3 aromatic rings. The van der Waals surface area contributed by atoms with Crippen molar-refractivity contribution in [3.8, 4) is 11.9 Å². The van der Waals surface area contributed by atoms with E-state index >= 15 is 0 Å². The molecule has 1 unspecified atom stereocenters. The van der Waals surface area contributed by atoms with Gasteiger partial charge in [-0.05, 0) is 33.6 Å². The van der Waals surface area contributed by atoms with E-state index in [2.05, 4.69) is 36.2 Å². The van der Waals surface area contributed by atoms with E-state index in [0.29, 0.717) is 23.4 Å². The van der Waals surface area contributed by atoms with E-state index in [1.54, 1.807) is 31.4 Å². The number of hydrogen-bond acceptors (Lipinski definition) is 7. The summed E-state index contributed by atoms with van der Waals surface area (Å²) in [6, 6.07) is 14.7. The lowest BCUT2D eigenvalue weighted by molar-refractivity contribution is -0.120. The maximum absolute atomic E-state index is 13.5. The second kappa shape index (κ2) is 10.5. The van der Waals surface area contributed by atoms with Gasteiger partial charge in [0.25, 0.3) is 17.7 Å².